The molecule has 0 aromatic heterocycles. The van der Waals surface area contributed by atoms with E-state index in [0.717, 1.165) is 31.8 Å². The van der Waals surface area contributed by atoms with Gasteiger partial charge in [-0.2, -0.15) is 0 Å². The zero-order chi connectivity index (χ0) is 21.4. The molecule has 0 heterocycles. The first-order valence-corrected chi connectivity index (χ1v) is 12.1. The van der Waals surface area contributed by atoms with Crippen molar-refractivity contribution in [2.24, 2.45) is 5.92 Å². The van der Waals surface area contributed by atoms with Gasteiger partial charge < -0.3 is 18.9 Å². The Hall–Kier alpha value is -0.650. The molecule has 0 saturated heterocycles. The second-order valence-corrected chi connectivity index (χ2v) is 8.17. The van der Waals surface area contributed by atoms with Gasteiger partial charge in [-0.1, -0.05) is 72.1 Å². The van der Waals surface area contributed by atoms with Crippen molar-refractivity contribution in [3.8, 4) is 0 Å². The van der Waals surface area contributed by atoms with Crippen molar-refractivity contribution in [1.29, 1.82) is 0 Å². The van der Waals surface area contributed by atoms with Crippen molar-refractivity contribution >= 4 is 5.97 Å². The molecule has 174 valence electrons. The number of unbranched alkanes of at least 4 members (excludes halogenated alkanes) is 7. The van der Waals surface area contributed by atoms with Gasteiger partial charge in [0.15, 0.2) is 0 Å². The normalized spacial score (nSPS) is 11.3. The van der Waals surface area contributed by atoms with Gasteiger partial charge in [-0.3, -0.25) is 4.79 Å². The molecule has 0 atom stereocenters. The maximum atomic E-state index is 11.6. The van der Waals surface area contributed by atoms with Crippen LogP contribution in [0.3, 0.4) is 0 Å². The van der Waals surface area contributed by atoms with Crippen LogP contribution in [0.25, 0.3) is 0 Å². The fourth-order valence-corrected chi connectivity index (χ4v) is 2.93. The van der Waals surface area contributed by atoms with Gasteiger partial charge in [0.25, 0.3) is 0 Å². The second kappa shape index (κ2) is 23.6. The molecule has 0 radical (unpaired) electrons. The molecule has 0 unspecified atom stereocenters. The van der Waals surface area contributed by atoms with Crippen LogP contribution >= 0.6 is 0 Å². The lowest BCUT2D eigenvalue weighted by Crippen LogP contribution is -2.11. The summed E-state index contributed by atoms with van der Waals surface area (Å²) in [4.78, 5) is 11.6. The van der Waals surface area contributed by atoms with Crippen LogP contribution in [0.4, 0.5) is 0 Å². The van der Waals surface area contributed by atoms with Gasteiger partial charge in [0, 0.05) is 19.6 Å². The van der Waals surface area contributed by atoms with Crippen LogP contribution in [-0.2, 0) is 23.7 Å². The number of carbonyl (C=O) groups is 1. The number of rotatable bonds is 23. The third-order valence-electron chi connectivity index (χ3n) is 4.74. The van der Waals surface area contributed by atoms with Crippen LogP contribution in [-0.4, -0.2) is 52.2 Å². The van der Waals surface area contributed by atoms with Crippen LogP contribution in [0.2, 0.25) is 0 Å². The maximum Gasteiger partial charge on any atom is 0.305 e. The highest BCUT2D eigenvalue weighted by Gasteiger charge is 2.03. The smallest absolute Gasteiger partial charge is 0.305 e. The Morgan fingerprint density at radius 2 is 1.14 bits per heavy atom. The number of ether oxygens (including phenoxy) is 4. The molecule has 0 aromatic carbocycles. The standard InChI is InChI=1S/C24H48O5/c1-4-5-6-8-11-16-26-19-21-28-22-20-27-17-13-15-24(25)29-18-12-9-7-10-14-23(2)3/h23H,4-22H2,1-3H3. The van der Waals surface area contributed by atoms with Gasteiger partial charge in [-0.25, -0.2) is 0 Å². The van der Waals surface area contributed by atoms with Gasteiger partial charge in [0.2, 0.25) is 0 Å². The number of esters is 1. The van der Waals surface area contributed by atoms with Crippen LogP contribution in [0.1, 0.15) is 97.8 Å². The Morgan fingerprint density at radius 1 is 0.621 bits per heavy atom. The molecular weight excluding hydrogens is 368 g/mol. The predicted molar refractivity (Wildman–Crippen MR) is 119 cm³/mol. The molecule has 0 rings (SSSR count). The SMILES string of the molecule is CCCCCCCOCCOCCOCCCC(=O)OCCCCCCC(C)C. The molecule has 0 amide bonds. The molecule has 0 aromatic rings. The van der Waals surface area contributed by atoms with Crippen molar-refractivity contribution in [2.75, 3.05) is 46.2 Å². The third-order valence-corrected chi connectivity index (χ3v) is 4.74. The summed E-state index contributed by atoms with van der Waals surface area (Å²) in [7, 11) is 0. The lowest BCUT2D eigenvalue weighted by molar-refractivity contribution is -0.144. The average Bonchev–Trinajstić information content (AvgIpc) is 2.70. The highest BCUT2D eigenvalue weighted by molar-refractivity contribution is 5.69. The monoisotopic (exact) mass is 416 g/mol. The molecule has 0 aliphatic carbocycles. The molecule has 0 N–H and O–H groups in total. The van der Waals surface area contributed by atoms with Gasteiger partial charge in [-0.15, -0.1) is 0 Å². The molecule has 0 bridgehead atoms. The van der Waals surface area contributed by atoms with Crippen LogP contribution in [0.15, 0.2) is 0 Å². The van der Waals surface area contributed by atoms with E-state index in [-0.39, 0.29) is 5.97 Å². The summed E-state index contributed by atoms with van der Waals surface area (Å²) < 4.78 is 21.7. The van der Waals surface area contributed by atoms with Gasteiger partial charge in [0.05, 0.1) is 33.0 Å². The Kier molecular flexibility index (Phi) is 23.1. The van der Waals surface area contributed by atoms with Crippen LogP contribution in [0.5, 0.6) is 0 Å². The van der Waals surface area contributed by atoms with E-state index in [1.54, 1.807) is 0 Å². The fourth-order valence-electron chi connectivity index (χ4n) is 2.93. The maximum absolute atomic E-state index is 11.6. The molecule has 5 nitrogen and oxygen atoms in total. The molecule has 29 heavy (non-hydrogen) atoms. The molecule has 0 aliphatic heterocycles. The zero-order valence-electron chi connectivity index (χ0n) is 19.6. The van der Waals surface area contributed by atoms with Crippen LogP contribution in [0, 0.1) is 5.92 Å². The van der Waals surface area contributed by atoms with Crippen molar-refractivity contribution in [3.63, 3.8) is 0 Å². The molecule has 5 heteroatoms. The number of hydrogen-bond acceptors (Lipinski definition) is 5. The zero-order valence-corrected chi connectivity index (χ0v) is 19.6. The Labute approximate surface area is 180 Å². The van der Waals surface area contributed by atoms with Crippen molar-refractivity contribution in [2.45, 2.75) is 97.8 Å². The van der Waals surface area contributed by atoms with Gasteiger partial charge in [0.1, 0.15) is 0 Å². The number of carbonyl (C=O) groups excluding carboxylic acids is 1. The fraction of sp³-hybridized carbons (Fsp3) is 0.958. The molecule has 0 spiro atoms. The minimum Gasteiger partial charge on any atom is -0.466 e. The summed E-state index contributed by atoms with van der Waals surface area (Å²) in [5.41, 5.74) is 0. The van der Waals surface area contributed by atoms with Crippen molar-refractivity contribution in [3.05, 3.63) is 0 Å². The van der Waals surface area contributed by atoms with E-state index in [1.165, 1.54) is 44.9 Å². The minimum absolute atomic E-state index is 0.112. The third kappa shape index (κ3) is 25.3. The quantitative estimate of drug-likeness (QED) is 0.152. The summed E-state index contributed by atoms with van der Waals surface area (Å²) in [6.07, 6.45) is 13.4. The molecule has 0 aliphatic rings. The summed E-state index contributed by atoms with van der Waals surface area (Å²) in [6, 6.07) is 0. The van der Waals surface area contributed by atoms with E-state index in [2.05, 4.69) is 20.8 Å². The molecule has 0 fully saturated rings. The lowest BCUT2D eigenvalue weighted by atomic mass is 10.0. The summed E-state index contributed by atoms with van der Waals surface area (Å²) in [6.45, 7) is 11.1. The molecule has 0 saturated carbocycles. The summed E-state index contributed by atoms with van der Waals surface area (Å²) in [5.74, 6) is 0.671. The van der Waals surface area contributed by atoms with Crippen molar-refractivity contribution in [1.82, 2.24) is 0 Å². The first-order valence-electron chi connectivity index (χ1n) is 12.1. The van der Waals surface area contributed by atoms with E-state index in [9.17, 15) is 4.79 Å². The van der Waals surface area contributed by atoms with E-state index < -0.39 is 0 Å². The minimum atomic E-state index is -0.112. The van der Waals surface area contributed by atoms with Gasteiger partial charge >= 0.3 is 5.97 Å². The highest BCUT2D eigenvalue weighted by Crippen LogP contribution is 2.09. The summed E-state index contributed by atoms with van der Waals surface area (Å²) in [5, 5.41) is 0. The van der Waals surface area contributed by atoms with Crippen molar-refractivity contribution < 1.29 is 23.7 Å². The number of hydrogen-bond donors (Lipinski definition) is 0. The van der Waals surface area contributed by atoms with E-state index >= 15 is 0 Å². The van der Waals surface area contributed by atoms with Crippen LogP contribution < -0.4 is 0 Å². The Bertz CT molecular complexity index is 333. The highest BCUT2D eigenvalue weighted by atomic mass is 16.5. The average molecular weight is 417 g/mol. The predicted octanol–water partition coefficient (Wildman–Crippen LogP) is 5.94. The topological polar surface area (TPSA) is 54.0 Å². The van der Waals surface area contributed by atoms with E-state index in [0.29, 0.717) is 52.5 Å². The first kappa shape index (κ1) is 28.4. The van der Waals surface area contributed by atoms with E-state index in [1.807, 2.05) is 0 Å². The van der Waals surface area contributed by atoms with E-state index in [4.69, 9.17) is 18.9 Å². The largest absolute Gasteiger partial charge is 0.466 e. The Balaban J connectivity index is 3.14. The first-order chi connectivity index (χ1) is 14.2. The lowest BCUT2D eigenvalue weighted by Gasteiger charge is -2.07. The summed E-state index contributed by atoms with van der Waals surface area (Å²) >= 11 is 0. The molecular formula is C24H48O5. The van der Waals surface area contributed by atoms with Gasteiger partial charge in [-0.05, 0) is 25.2 Å². The Morgan fingerprint density at radius 3 is 1.76 bits per heavy atom. The second-order valence-electron chi connectivity index (χ2n) is 8.17.